The van der Waals surface area contributed by atoms with Gasteiger partial charge in [0.25, 0.3) is 0 Å². The van der Waals surface area contributed by atoms with E-state index in [0.29, 0.717) is 0 Å². The van der Waals surface area contributed by atoms with Crippen LogP contribution < -0.4 is 10.1 Å². The molecule has 0 radical (unpaired) electrons. The number of nitrogens with one attached hydrogen (secondary N) is 1. The van der Waals surface area contributed by atoms with Crippen LogP contribution >= 0.6 is 11.6 Å². The van der Waals surface area contributed by atoms with Crippen molar-refractivity contribution < 1.29 is 9.84 Å². The predicted octanol–water partition coefficient (Wildman–Crippen LogP) is 4.05. The highest BCUT2D eigenvalue weighted by Crippen LogP contribution is 2.40. The standard InChI is InChI=1S/C20H24ClNO2/c1-13-4-9-17-16(12-13)18(19(23)20(2,3)24-17)22-11-10-14-5-7-15(21)8-6-14/h4-9,12,18-19,22-23H,10-11H2,1-3H3/t18-,19?/m0/s1. The van der Waals surface area contributed by atoms with Crippen LogP contribution in [0.4, 0.5) is 0 Å². The Bertz CT molecular complexity index is 712. The normalized spacial score (nSPS) is 21.9. The van der Waals surface area contributed by atoms with Crippen LogP contribution in [0.5, 0.6) is 5.75 Å². The molecule has 0 saturated heterocycles. The van der Waals surface area contributed by atoms with E-state index < -0.39 is 11.7 Å². The van der Waals surface area contributed by atoms with E-state index in [-0.39, 0.29) is 6.04 Å². The molecule has 1 aliphatic heterocycles. The van der Waals surface area contributed by atoms with Crippen LogP contribution in [0.3, 0.4) is 0 Å². The van der Waals surface area contributed by atoms with Crippen LogP contribution in [-0.4, -0.2) is 23.4 Å². The molecule has 1 heterocycles. The minimum atomic E-state index is -0.625. The monoisotopic (exact) mass is 345 g/mol. The Kier molecular flexibility index (Phi) is 4.86. The maximum Gasteiger partial charge on any atom is 0.131 e. The van der Waals surface area contributed by atoms with Crippen LogP contribution in [-0.2, 0) is 6.42 Å². The van der Waals surface area contributed by atoms with Crippen molar-refractivity contribution in [2.45, 2.75) is 44.9 Å². The fourth-order valence-corrected chi connectivity index (χ4v) is 3.29. The van der Waals surface area contributed by atoms with Crippen molar-refractivity contribution in [3.05, 3.63) is 64.2 Å². The summed E-state index contributed by atoms with van der Waals surface area (Å²) in [4.78, 5) is 0. The first-order valence-corrected chi connectivity index (χ1v) is 8.70. The Morgan fingerprint density at radius 3 is 2.58 bits per heavy atom. The average Bonchev–Trinajstić information content (AvgIpc) is 2.53. The largest absolute Gasteiger partial charge is 0.485 e. The molecule has 3 rings (SSSR count). The molecule has 24 heavy (non-hydrogen) atoms. The maximum absolute atomic E-state index is 10.8. The molecular weight excluding hydrogens is 322 g/mol. The number of hydrogen-bond acceptors (Lipinski definition) is 3. The number of fused-ring (bicyclic) bond motifs is 1. The summed E-state index contributed by atoms with van der Waals surface area (Å²) in [5, 5.41) is 15.0. The Labute approximate surface area is 148 Å². The summed E-state index contributed by atoms with van der Waals surface area (Å²) in [5.41, 5.74) is 2.78. The summed E-state index contributed by atoms with van der Waals surface area (Å²) in [7, 11) is 0. The molecule has 1 unspecified atom stereocenters. The predicted molar refractivity (Wildman–Crippen MR) is 97.8 cm³/mol. The van der Waals surface area contributed by atoms with E-state index in [1.165, 1.54) is 5.56 Å². The Morgan fingerprint density at radius 2 is 1.88 bits per heavy atom. The zero-order valence-electron chi connectivity index (χ0n) is 14.3. The molecule has 1 aliphatic rings. The Balaban J connectivity index is 1.75. The van der Waals surface area contributed by atoms with Gasteiger partial charge in [-0.15, -0.1) is 0 Å². The number of benzene rings is 2. The van der Waals surface area contributed by atoms with Crippen molar-refractivity contribution in [1.29, 1.82) is 0 Å². The molecule has 2 aromatic carbocycles. The van der Waals surface area contributed by atoms with Crippen LogP contribution in [0.1, 0.15) is 36.6 Å². The topological polar surface area (TPSA) is 41.5 Å². The molecule has 3 nitrogen and oxygen atoms in total. The van der Waals surface area contributed by atoms with Crippen molar-refractivity contribution in [1.82, 2.24) is 5.32 Å². The molecular formula is C20H24ClNO2. The smallest absolute Gasteiger partial charge is 0.131 e. The zero-order valence-corrected chi connectivity index (χ0v) is 15.1. The second kappa shape index (κ2) is 6.75. The molecule has 4 heteroatoms. The van der Waals surface area contributed by atoms with Crippen molar-refractivity contribution in [3.8, 4) is 5.75 Å². The maximum atomic E-state index is 10.8. The average molecular weight is 346 g/mol. The quantitative estimate of drug-likeness (QED) is 0.878. The van der Waals surface area contributed by atoms with Gasteiger partial charge in [-0.1, -0.05) is 41.4 Å². The number of aryl methyl sites for hydroxylation is 1. The van der Waals surface area contributed by atoms with Crippen molar-refractivity contribution in [2.75, 3.05) is 6.54 Å². The van der Waals surface area contributed by atoms with Gasteiger partial charge in [-0.25, -0.2) is 0 Å². The zero-order chi connectivity index (χ0) is 17.3. The molecule has 2 atom stereocenters. The van der Waals surface area contributed by atoms with Gasteiger partial charge in [0.1, 0.15) is 17.5 Å². The number of aliphatic hydroxyl groups is 1. The second-order valence-electron chi connectivity index (χ2n) is 7.00. The highest BCUT2D eigenvalue weighted by Gasteiger charge is 2.42. The molecule has 0 amide bonds. The minimum Gasteiger partial charge on any atom is -0.485 e. The number of ether oxygens (including phenoxy) is 1. The van der Waals surface area contributed by atoms with Crippen LogP contribution in [0.15, 0.2) is 42.5 Å². The third kappa shape index (κ3) is 3.59. The lowest BCUT2D eigenvalue weighted by atomic mass is 9.86. The third-order valence-corrected chi connectivity index (χ3v) is 4.84. The van der Waals surface area contributed by atoms with Crippen molar-refractivity contribution >= 4 is 11.6 Å². The molecule has 0 aromatic heterocycles. The molecule has 0 fully saturated rings. The highest BCUT2D eigenvalue weighted by atomic mass is 35.5. The molecule has 2 aromatic rings. The van der Waals surface area contributed by atoms with Crippen LogP contribution in [0.25, 0.3) is 0 Å². The second-order valence-corrected chi connectivity index (χ2v) is 7.44. The summed E-state index contributed by atoms with van der Waals surface area (Å²) in [6.07, 6.45) is 0.264. The van der Waals surface area contributed by atoms with E-state index in [4.69, 9.17) is 16.3 Å². The van der Waals surface area contributed by atoms with Crippen molar-refractivity contribution in [3.63, 3.8) is 0 Å². The van der Waals surface area contributed by atoms with Gasteiger partial charge in [-0.3, -0.25) is 0 Å². The van der Waals surface area contributed by atoms with E-state index in [0.717, 1.165) is 34.9 Å². The highest BCUT2D eigenvalue weighted by molar-refractivity contribution is 6.30. The first-order chi connectivity index (χ1) is 11.4. The fourth-order valence-electron chi connectivity index (χ4n) is 3.16. The summed E-state index contributed by atoms with van der Waals surface area (Å²) in [6.45, 7) is 6.67. The first kappa shape index (κ1) is 17.3. The lowest BCUT2D eigenvalue weighted by Gasteiger charge is -2.42. The first-order valence-electron chi connectivity index (χ1n) is 8.32. The number of halogens is 1. The summed E-state index contributed by atoms with van der Waals surface area (Å²) < 4.78 is 5.99. The van der Waals surface area contributed by atoms with E-state index >= 15 is 0 Å². The van der Waals surface area contributed by atoms with Gasteiger partial charge in [0, 0.05) is 10.6 Å². The number of hydrogen-bond donors (Lipinski definition) is 2. The summed E-state index contributed by atoms with van der Waals surface area (Å²) >= 11 is 5.93. The van der Waals surface area contributed by atoms with Gasteiger partial charge < -0.3 is 15.2 Å². The minimum absolute atomic E-state index is 0.143. The van der Waals surface area contributed by atoms with Gasteiger partial charge in [0.05, 0.1) is 6.04 Å². The van der Waals surface area contributed by atoms with E-state index in [2.05, 4.69) is 18.3 Å². The van der Waals surface area contributed by atoms with E-state index in [1.54, 1.807) is 0 Å². The summed E-state index contributed by atoms with van der Waals surface area (Å²) in [5.74, 6) is 0.847. The molecule has 0 saturated carbocycles. The van der Waals surface area contributed by atoms with Gasteiger partial charge in [-0.05, 0) is 57.5 Å². The van der Waals surface area contributed by atoms with Gasteiger partial charge >= 0.3 is 0 Å². The molecule has 0 bridgehead atoms. The number of rotatable bonds is 4. The number of aliphatic hydroxyl groups excluding tert-OH is 1. The van der Waals surface area contributed by atoms with Crippen molar-refractivity contribution in [2.24, 2.45) is 0 Å². The van der Waals surface area contributed by atoms with E-state index in [1.807, 2.05) is 50.2 Å². The lowest BCUT2D eigenvalue weighted by molar-refractivity contribution is -0.0644. The SMILES string of the molecule is Cc1ccc2c(c1)[C@H](NCCc1ccc(Cl)cc1)C(O)C(C)(C)O2. The Morgan fingerprint density at radius 1 is 1.17 bits per heavy atom. The van der Waals surface area contributed by atoms with Crippen LogP contribution in [0.2, 0.25) is 5.02 Å². The summed E-state index contributed by atoms with van der Waals surface area (Å²) in [6, 6.07) is 13.9. The lowest BCUT2D eigenvalue weighted by Crippen LogP contribution is -2.52. The molecule has 128 valence electrons. The third-order valence-electron chi connectivity index (χ3n) is 4.59. The van der Waals surface area contributed by atoms with Crippen LogP contribution in [0, 0.1) is 6.92 Å². The van der Waals surface area contributed by atoms with Gasteiger partial charge in [0.2, 0.25) is 0 Å². The molecule has 2 N–H and O–H groups in total. The Hall–Kier alpha value is -1.55. The van der Waals surface area contributed by atoms with Gasteiger partial charge in [0.15, 0.2) is 0 Å². The van der Waals surface area contributed by atoms with E-state index in [9.17, 15) is 5.11 Å². The van der Waals surface area contributed by atoms with Gasteiger partial charge in [-0.2, -0.15) is 0 Å². The fraction of sp³-hybridized carbons (Fsp3) is 0.400. The molecule has 0 aliphatic carbocycles. The molecule has 0 spiro atoms.